The van der Waals surface area contributed by atoms with E-state index in [2.05, 4.69) is 5.32 Å². The van der Waals surface area contributed by atoms with Crippen LogP contribution in [0.5, 0.6) is 5.75 Å². The Balaban J connectivity index is 1.81. The Morgan fingerprint density at radius 2 is 1.91 bits per heavy atom. The molecule has 1 aliphatic heterocycles. The third-order valence-corrected chi connectivity index (χ3v) is 3.62. The van der Waals surface area contributed by atoms with E-state index in [0.29, 0.717) is 17.1 Å². The van der Waals surface area contributed by atoms with Gasteiger partial charge in [-0.1, -0.05) is 12.1 Å². The number of ether oxygens (including phenoxy) is 1. The monoisotopic (exact) mass is 314 g/mol. The molecular formula is C17H15FN2O3. The van der Waals surface area contributed by atoms with Gasteiger partial charge >= 0.3 is 0 Å². The van der Waals surface area contributed by atoms with Crippen molar-refractivity contribution in [3.63, 3.8) is 0 Å². The molecule has 6 heteroatoms. The highest BCUT2D eigenvalue weighted by molar-refractivity contribution is 6.06. The lowest BCUT2D eigenvalue weighted by Crippen LogP contribution is -2.49. The van der Waals surface area contributed by atoms with Gasteiger partial charge in [0.25, 0.3) is 5.91 Å². The van der Waals surface area contributed by atoms with Gasteiger partial charge in [-0.2, -0.15) is 0 Å². The topological polar surface area (TPSA) is 58.6 Å². The minimum absolute atomic E-state index is 0.106. The Hall–Kier alpha value is -2.89. The summed E-state index contributed by atoms with van der Waals surface area (Å²) in [6, 6.07) is 11.8. The molecule has 2 aromatic carbocycles. The number of benzene rings is 2. The number of halogens is 1. The Kier molecular flexibility index (Phi) is 3.97. The molecule has 1 atom stereocenters. The smallest absolute Gasteiger partial charge is 0.265 e. The third kappa shape index (κ3) is 3.01. The highest BCUT2D eigenvalue weighted by atomic mass is 19.1. The first-order valence-electron chi connectivity index (χ1n) is 7.16. The highest BCUT2D eigenvalue weighted by Gasteiger charge is 2.32. The minimum Gasteiger partial charge on any atom is -0.482 e. The first-order valence-corrected chi connectivity index (χ1v) is 7.16. The van der Waals surface area contributed by atoms with Gasteiger partial charge in [-0.25, -0.2) is 4.39 Å². The Bertz CT molecular complexity index is 746. The van der Waals surface area contributed by atoms with Crippen molar-refractivity contribution < 1.29 is 18.7 Å². The quantitative estimate of drug-likeness (QED) is 0.947. The zero-order chi connectivity index (χ0) is 16.4. The molecule has 0 aromatic heterocycles. The summed E-state index contributed by atoms with van der Waals surface area (Å²) in [5.41, 5.74) is 1.03. The van der Waals surface area contributed by atoms with Gasteiger partial charge in [0, 0.05) is 5.69 Å². The molecule has 0 spiro atoms. The van der Waals surface area contributed by atoms with Crippen LogP contribution in [0.1, 0.15) is 6.92 Å². The van der Waals surface area contributed by atoms with Crippen LogP contribution in [-0.4, -0.2) is 24.5 Å². The maximum Gasteiger partial charge on any atom is 0.265 e. The number of hydrogen-bond acceptors (Lipinski definition) is 3. The van der Waals surface area contributed by atoms with Gasteiger partial charge in [0.05, 0.1) is 5.69 Å². The highest BCUT2D eigenvalue weighted by Crippen LogP contribution is 2.33. The molecule has 5 nitrogen and oxygen atoms in total. The number of carbonyl (C=O) groups excluding carboxylic acids is 2. The number of fused-ring (bicyclic) bond motifs is 1. The first kappa shape index (κ1) is 15.0. The van der Waals surface area contributed by atoms with Crippen molar-refractivity contribution in [2.24, 2.45) is 0 Å². The second-order valence-corrected chi connectivity index (χ2v) is 5.19. The fraction of sp³-hybridized carbons (Fsp3) is 0.176. The van der Waals surface area contributed by atoms with Gasteiger partial charge in [-0.3, -0.25) is 14.5 Å². The summed E-state index contributed by atoms with van der Waals surface area (Å²) >= 11 is 0. The van der Waals surface area contributed by atoms with Crippen molar-refractivity contribution in [3.05, 3.63) is 54.3 Å². The number of rotatable bonds is 3. The number of nitrogens with one attached hydrogen (secondary N) is 1. The van der Waals surface area contributed by atoms with Crippen LogP contribution in [0.25, 0.3) is 0 Å². The van der Waals surface area contributed by atoms with Crippen LogP contribution in [0.4, 0.5) is 15.8 Å². The van der Waals surface area contributed by atoms with Gasteiger partial charge in [0.1, 0.15) is 17.6 Å². The number of carbonyl (C=O) groups is 2. The summed E-state index contributed by atoms with van der Waals surface area (Å²) in [4.78, 5) is 26.0. The Morgan fingerprint density at radius 1 is 1.22 bits per heavy atom. The van der Waals surface area contributed by atoms with E-state index in [0.717, 1.165) is 0 Å². The second kappa shape index (κ2) is 6.08. The van der Waals surface area contributed by atoms with E-state index >= 15 is 0 Å². The van der Waals surface area contributed by atoms with E-state index in [1.165, 1.54) is 29.2 Å². The molecule has 1 heterocycles. The third-order valence-electron chi connectivity index (χ3n) is 3.62. The molecule has 0 fully saturated rings. The Morgan fingerprint density at radius 3 is 2.65 bits per heavy atom. The summed E-state index contributed by atoms with van der Waals surface area (Å²) in [6.07, 6.45) is 0. The Labute approximate surface area is 132 Å². The number of para-hydroxylation sites is 2. The minimum atomic E-state index is -0.724. The maximum atomic E-state index is 12.9. The molecule has 0 bridgehead atoms. The van der Waals surface area contributed by atoms with Crippen molar-refractivity contribution in [1.82, 2.24) is 0 Å². The van der Waals surface area contributed by atoms with E-state index < -0.39 is 6.04 Å². The number of hydrogen-bond donors (Lipinski definition) is 1. The first-order chi connectivity index (χ1) is 11.1. The molecule has 2 aromatic rings. The maximum absolute atomic E-state index is 12.9. The van der Waals surface area contributed by atoms with Gasteiger partial charge in [-0.15, -0.1) is 0 Å². The van der Waals surface area contributed by atoms with E-state index in [9.17, 15) is 14.0 Å². The van der Waals surface area contributed by atoms with Crippen LogP contribution in [0.2, 0.25) is 0 Å². The van der Waals surface area contributed by atoms with Crippen molar-refractivity contribution in [1.29, 1.82) is 0 Å². The molecule has 118 valence electrons. The van der Waals surface area contributed by atoms with Gasteiger partial charge < -0.3 is 10.1 Å². The summed E-state index contributed by atoms with van der Waals surface area (Å²) < 4.78 is 18.3. The second-order valence-electron chi connectivity index (χ2n) is 5.19. The number of nitrogens with zero attached hydrogens (tertiary/aromatic N) is 1. The van der Waals surface area contributed by atoms with Crippen LogP contribution >= 0.6 is 0 Å². The van der Waals surface area contributed by atoms with Gasteiger partial charge in [0.15, 0.2) is 6.61 Å². The van der Waals surface area contributed by atoms with Crippen molar-refractivity contribution >= 4 is 23.2 Å². The van der Waals surface area contributed by atoms with Crippen LogP contribution in [0.3, 0.4) is 0 Å². The summed E-state index contributed by atoms with van der Waals surface area (Å²) in [5, 5.41) is 2.68. The molecule has 1 N–H and O–H groups in total. The normalized spacial score (nSPS) is 14.7. The molecule has 0 saturated carbocycles. The van der Waals surface area contributed by atoms with Crippen molar-refractivity contribution in [2.45, 2.75) is 13.0 Å². The van der Waals surface area contributed by atoms with Gasteiger partial charge in [0.2, 0.25) is 5.91 Å². The van der Waals surface area contributed by atoms with Crippen molar-refractivity contribution in [2.75, 3.05) is 16.8 Å². The SMILES string of the molecule is CC(C(=O)Nc1ccc(F)cc1)N1C(=O)COc2ccccc21. The predicted molar refractivity (Wildman–Crippen MR) is 83.9 cm³/mol. The predicted octanol–water partition coefficient (Wildman–Crippen LogP) is 2.58. The number of anilines is 2. The lowest BCUT2D eigenvalue weighted by atomic mass is 10.1. The molecule has 0 radical (unpaired) electrons. The molecule has 3 rings (SSSR count). The zero-order valence-electron chi connectivity index (χ0n) is 12.5. The zero-order valence-corrected chi connectivity index (χ0v) is 12.5. The lowest BCUT2D eigenvalue weighted by molar-refractivity contribution is -0.125. The summed E-state index contributed by atoms with van der Waals surface area (Å²) in [6.45, 7) is 1.53. The van der Waals surface area contributed by atoms with Crippen LogP contribution in [0.15, 0.2) is 48.5 Å². The molecular weight excluding hydrogens is 299 g/mol. The van der Waals surface area contributed by atoms with E-state index in [1.54, 1.807) is 31.2 Å². The molecule has 0 saturated heterocycles. The molecule has 1 unspecified atom stereocenters. The van der Waals surface area contributed by atoms with Crippen LogP contribution in [-0.2, 0) is 9.59 Å². The molecule has 1 aliphatic rings. The average Bonchev–Trinajstić information content (AvgIpc) is 2.56. The van der Waals surface area contributed by atoms with E-state index in [1.807, 2.05) is 0 Å². The number of amides is 2. The molecule has 2 amide bonds. The van der Waals surface area contributed by atoms with Crippen LogP contribution < -0.4 is 15.0 Å². The summed E-state index contributed by atoms with van der Waals surface area (Å²) in [7, 11) is 0. The van der Waals surface area contributed by atoms with Crippen LogP contribution in [0, 0.1) is 5.82 Å². The lowest BCUT2D eigenvalue weighted by Gasteiger charge is -2.33. The van der Waals surface area contributed by atoms with Crippen molar-refractivity contribution in [3.8, 4) is 5.75 Å². The average molecular weight is 314 g/mol. The van der Waals surface area contributed by atoms with E-state index in [-0.39, 0.29) is 24.2 Å². The molecule has 0 aliphatic carbocycles. The summed E-state index contributed by atoms with van der Waals surface area (Å²) in [5.74, 6) is -0.464. The fourth-order valence-electron chi connectivity index (χ4n) is 2.44. The van der Waals surface area contributed by atoms with E-state index in [4.69, 9.17) is 4.74 Å². The largest absolute Gasteiger partial charge is 0.482 e. The standard InChI is InChI=1S/C17H15FN2O3/c1-11(17(22)19-13-8-6-12(18)7-9-13)20-14-4-2-3-5-15(14)23-10-16(20)21/h2-9,11H,10H2,1H3,(H,19,22). The van der Waals surface area contributed by atoms with Gasteiger partial charge in [-0.05, 0) is 43.3 Å². The fourth-order valence-corrected chi connectivity index (χ4v) is 2.44. The molecule has 23 heavy (non-hydrogen) atoms.